The van der Waals surface area contributed by atoms with Crippen LogP contribution < -0.4 is 5.32 Å². The Bertz CT molecular complexity index is 687. The van der Waals surface area contributed by atoms with E-state index in [0.29, 0.717) is 12.8 Å². The molecular formula is C42H83NO5. The van der Waals surface area contributed by atoms with E-state index in [1.165, 1.54) is 154 Å². The number of hydrogen-bond acceptors (Lipinski definition) is 5. The predicted octanol–water partition coefficient (Wildman–Crippen LogP) is 10.6. The molecule has 0 aliphatic carbocycles. The van der Waals surface area contributed by atoms with Gasteiger partial charge in [0.15, 0.2) is 0 Å². The van der Waals surface area contributed by atoms with E-state index in [9.17, 15) is 25.2 Å². The fourth-order valence-electron chi connectivity index (χ4n) is 6.58. The molecule has 0 saturated carbocycles. The van der Waals surface area contributed by atoms with Crippen LogP contribution in [0.2, 0.25) is 0 Å². The van der Waals surface area contributed by atoms with E-state index >= 15 is 0 Å². The quantitative estimate of drug-likeness (QED) is 0.0329. The van der Waals surface area contributed by atoms with Crippen molar-refractivity contribution in [1.29, 1.82) is 0 Å². The van der Waals surface area contributed by atoms with E-state index in [2.05, 4.69) is 31.3 Å². The molecule has 4 unspecified atom stereocenters. The minimum absolute atomic E-state index is 0.368. The Hall–Kier alpha value is -0.950. The van der Waals surface area contributed by atoms with Crippen molar-refractivity contribution in [3.8, 4) is 0 Å². The Morgan fingerprint density at radius 2 is 0.854 bits per heavy atom. The summed E-state index contributed by atoms with van der Waals surface area (Å²) in [5, 5.41) is 43.4. The lowest BCUT2D eigenvalue weighted by Crippen LogP contribution is -2.53. The molecule has 48 heavy (non-hydrogen) atoms. The number of allylic oxidation sites excluding steroid dienone is 2. The molecule has 0 aliphatic heterocycles. The molecule has 0 aromatic carbocycles. The Morgan fingerprint density at radius 1 is 0.500 bits per heavy atom. The first-order valence-corrected chi connectivity index (χ1v) is 21.1. The first-order chi connectivity index (χ1) is 23.5. The average molecular weight is 682 g/mol. The second kappa shape index (κ2) is 37.3. The Morgan fingerprint density at radius 3 is 1.25 bits per heavy atom. The molecule has 0 spiro atoms. The zero-order valence-corrected chi connectivity index (χ0v) is 32.0. The van der Waals surface area contributed by atoms with E-state index in [1.54, 1.807) is 0 Å². The smallest absolute Gasteiger partial charge is 0.249 e. The molecule has 0 aromatic rings. The van der Waals surface area contributed by atoms with Gasteiger partial charge in [-0.2, -0.15) is 0 Å². The maximum Gasteiger partial charge on any atom is 0.249 e. The van der Waals surface area contributed by atoms with Gasteiger partial charge < -0.3 is 25.7 Å². The number of aliphatic hydroxyl groups is 4. The highest BCUT2D eigenvalue weighted by Crippen LogP contribution is 2.16. The fourth-order valence-corrected chi connectivity index (χ4v) is 6.58. The zero-order valence-electron chi connectivity index (χ0n) is 32.0. The highest BCUT2D eigenvalue weighted by atomic mass is 16.3. The Kier molecular flexibility index (Phi) is 36.6. The highest BCUT2D eigenvalue weighted by molar-refractivity contribution is 5.80. The molecule has 0 saturated heterocycles. The van der Waals surface area contributed by atoms with Crippen molar-refractivity contribution in [1.82, 2.24) is 5.32 Å². The molecule has 0 bridgehead atoms. The molecule has 0 fully saturated rings. The number of amides is 1. The molecular weight excluding hydrogens is 598 g/mol. The number of aliphatic hydroxyl groups excluding tert-OH is 4. The van der Waals surface area contributed by atoms with Crippen LogP contribution in [0.4, 0.5) is 0 Å². The summed E-state index contributed by atoms with van der Waals surface area (Å²) < 4.78 is 0. The van der Waals surface area contributed by atoms with Crippen LogP contribution >= 0.6 is 0 Å². The van der Waals surface area contributed by atoms with Gasteiger partial charge in [-0.3, -0.25) is 4.79 Å². The van der Waals surface area contributed by atoms with Crippen LogP contribution in [0.15, 0.2) is 12.2 Å². The van der Waals surface area contributed by atoms with E-state index in [1.807, 2.05) is 0 Å². The molecule has 286 valence electrons. The van der Waals surface area contributed by atoms with Gasteiger partial charge in [-0.05, 0) is 38.5 Å². The molecule has 0 aliphatic rings. The van der Waals surface area contributed by atoms with Crippen LogP contribution in [0.3, 0.4) is 0 Å². The summed E-state index contributed by atoms with van der Waals surface area (Å²) in [6, 6.07) is -0.995. The second-order valence-corrected chi connectivity index (χ2v) is 14.7. The van der Waals surface area contributed by atoms with Gasteiger partial charge in [-0.15, -0.1) is 0 Å². The first-order valence-electron chi connectivity index (χ1n) is 21.1. The van der Waals surface area contributed by atoms with Crippen LogP contribution in [0.1, 0.15) is 219 Å². The zero-order chi connectivity index (χ0) is 35.3. The van der Waals surface area contributed by atoms with Crippen molar-refractivity contribution in [2.75, 3.05) is 6.61 Å². The number of hydrogen-bond donors (Lipinski definition) is 5. The molecule has 0 rings (SSSR count). The average Bonchev–Trinajstić information content (AvgIpc) is 3.09. The van der Waals surface area contributed by atoms with Gasteiger partial charge in [-0.25, -0.2) is 0 Å². The van der Waals surface area contributed by atoms with Crippen LogP contribution in [-0.4, -0.2) is 57.3 Å². The minimum Gasteiger partial charge on any atom is -0.394 e. The monoisotopic (exact) mass is 682 g/mol. The molecule has 5 N–H and O–H groups in total. The third kappa shape index (κ3) is 31.1. The minimum atomic E-state index is -1.27. The van der Waals surface area contributed by atoms with Gasteiger partial charge in [0, 0.05) is 0 Å². The number of rotatable bonds is 38. The SMILES string of the molecule is CCCCCC/C=C/CCCC(O)C(O)C(CO)NC(=O)C(O)CCCCCCCCCCCCCCCCCCCCCCCCC. The predicted molar refractivity (Wildman–Crippen MR) is 205 cm³/mol. The molecule has 6 heteroatoms. The summed E-state index contributed by atoms with van der Waals surface area (Å²) in [6.45, 7) is 4.00. The van der Waals surface area contributed by atoms with Gasteiger partial charge in [0.1, 0.15) is 12.2 Å². The third-order valence-electron chi connectivity index (χ3n) is 9.98. The fraction of sp³-hybridized carbons (Fsp3) is 0.929. The molecule has 0 radical (unpaired) electrons. The number of unbranched alkanes of at least 4 members (excludes halogenated alkanes) is 27. The lowest BCUT2D eigenvalue weighted by Gasteiger charge is -2.27. The van der Waals surface area contributed by atoms with E-state index in [-0.39, 0.29) is 0 Å². The van der Waals surface area contributed by atoms with E-state index in [0.717, 1.165) is 38.5 Å². The maximum absolute atomic E-state index is 12.4. The summed E-state index contributed by atoms with van der Waals surface area (Å²) in [5.74, 6) is -0.592. The second-order valence-electron chi connectivity index (χ2n) is 14.7. The first kappa shape index (κ1) is 47.0. The van der Waals surface area contributed by atoms with Gasteiger partial charge in [-0.1, -0.05) is 193 Å². The molecule has 1 amide bonds. The van der Waals surface area contributed by atoms with Crippen LogP contribution in [0.5, 0.6) is 0 Å². The van der Waals surface area contributed by atoms with Crippen LogP contribution in [0.25, 0.3) is 0 Å². The van der Waals surface area contributed by atoms with Crippen LogP contribution in [0, 0.1) is 0 Å². The van der Waals surface area contributed by atoms with Crippen molar-refractivity contribution in [2.24, 2.45) is 0 Å². The van der Waals surface area contributed by atoms with Gasteiger partial charge in [0.25, 0.3) is 0 Å². The summed E-state index contributed by atoms with van der Waals surface area (Å²) in [6.07, 6.45) is 39.8. The summed E-state index contributed by atoms with van der Waals surface area (Å²) in [5.41, 5.74) is 0. The summed E-state index contributed by atoms with van der Waals surface area (Å²) in [4.78, 5) is 12.4. The third-order valence-corrected chi connectivity index (χ3v) is 9.98. The summed E-state index contributed by atoms with van der Waals surface area (Å²) in [7, 11) is 0. The van der Waals surface area contributed by atoms with Crippen molar-refractivity contribution in [3.05, 3.63) is 12.2 Å². The molecule has 6 nitrogen and oxygen atoms in total. The lowest BCUT2D eigenvalue weighted by atomic mass is 10.00. The van der Waals surface area contributed by atoms with Crippen molar-refractivity contribution >= 4 is 5.91 Å². The maximum atomic E-state index is 12.4. The normalized spacial score (nSPS) is 14.4. The van der Waals surface area contributed by atoms with Crippen molar-refractivity contribution in [2.45, 2.75) is 244 Å². The Labute approximate surface area is 298 Å². The van der Waals surface area contributed by atoms with Crippen molar-refractivity contribution < 1.29 is 25.2 Å². The largest absolute Gasteiger partial charge is 0.394 e. The molecule has 4 atom stereocenters. The number of carbonyl (C=O) groups excluding carboxylic acids is 1. The number of carbonyl (C=O) groups is 1. The van der Waals surface area contributed by atoms with Crippen LogP contribution in [-0.2, 0) is 4.79 Å². The van der Waals surface area contributed by atoms with E-state index in [4.69, 9.17) is 0 Å². The summed E-state index contributed by atoms with van der Waals surface area (Å²) >= 11 is 0. The van der Waals surface area contributed by atoms with Gasteiger partial charge >= 0.3 is 0 Å². The topological polar surface area (TPSA) is 110 Å². The lowest BCUT2D eigenvalue weighted by molar-refractivity contribution is -0.132. The molecule has 0 heterocycles. The highest BCUT2D eigenvalue weighted by Gasteiger charge is 2.28. The van der Waals surface area contributed by atoms with Gasteiger partial charge in [0.2, 0.25) is 5.91 Å². The van der Waals surface area contributed by atoms with E-state index < -0.39 is 36.9 Å². The number of nitrogens with one attached hydrogen (secondary N) is 1. The Balaban J connectivity index is 3.64. The van der Waals surface area contributed by atoms with Gasteiger partial charge in [0.05, 0.1) is 18.8 Å². The standard InChI is InChI=1S/C42H83NO5/c1-3-5-7-9-11-13-14-15-16-17-18-19-20-21-22-23-24-25-26-28-30-32-34-36-40(46)42(48)43-38(37-44)41(47)39(45)35-33-31-29-27-12-10-8-6-4-2/h27,29,38-41,44-47H,3-26,28,30-37H2,1-2H3,(H,43,48)/b29-27+. The molecule has 0 aromatic heterocycles. The van der Waals surface area contributed by atoms with Crippen molar-refractivity contribution in [3.63, 3.8) is 0 Å².